The first-order chi connectivity index (χ1) is 16.8. The summed E-state index contributed by atoms with van der Waals surface area (Å²) in [6.45, 7) is 0. The molecule has 2 heterocycles. The van der Waals surface area contributed by atoms with E-state index in [0.717, 1.165) is 0 Å². The van der Waals surface area contributed by atoms with Crippen LogP contribution in [0.1, 0.15) is 27.4 Å². The molecule has 3 aromatic rings. The lowest BCUT2D eigenvalue weighted by molar-refractivity contribution is -0.125. The quantitative estimate of drug-likeness (QED) is 0.482. The summed E-state index contributed by atoms with van der Waals surface area (Å²) in [5.41, 5.74) is 6.13. The van der Waals surface area contributed by atoms with Gasteiger partial charge >= 0.3 is 0 Å². The number of nitriles is 1. The molecule has 1 saturated heterocycles. The molecular formula is C27H18Cl2FN3O2. The highest BCUT2D eigenvalue weighted by Gasteiger charge is 2.65. The summed E-state index contributed by atoms with van der Waals surface area (Å²) in [7, 11) is 0. The van der Waals surface area contributed by atoms with Crippen LogP contribution in [-0.4, -0.2) is 23.8 Å². The summed E-state index contributed by atoms with van der Waals surface area (Å²) in [5.74, 6) is -2.55. The van der Waals surface area contributed by atoms with Crippen molar-refractivity contribution in [3.63, 3.8) is 0 Å². The number of benzene rings is 3. The number of amides is 1. The minimum Gasteiger partial charge on any atom is -0.368 e. The Kier molecular flexibility index (Phi) is 5.63. The van der Waals surface area contributed by atoms with E-state index in [-0.39, 0.29) is 5.78 Å². The first kappa shape index (κ1) is 23.1. The largest absolute Gasteiger partial charge is 0.368 e. The van der Waals surface area contributed by atoms with Gasteiger partial charge in [0.1, 0.15) is 11.9 Å². The number of anilines is 1. The first-order valence-corrected chi connectivity index (χ1v) is 11.6. The summed E-state index contributed by atoms with van der Waals surface area (Å²) >= 11 is 12.1. The van der Waals surface area contributed by atoms with Gasteiger partial charge in [0.15, 0.2) is 11.2 Å². The van der Waals surface area contributed by atoms with Gasteiger partial charge in [-0.1, -0.05) is 47.5 Å². The minimum atomic E-state index is -1.79. The highest BCUT2D eigenvalue weighted by atomic mass is 35.5. The third-order valence-electron chi connectivity index (χ3n) is 6.82. The molecule has 0 radical (unpaired) electrons. The van der Waals surface area contributed by atoms with Crippen LogP contribution in [0.4, 0.5) is 10.1 Å². The van der Waals surface area contributed by atoms with Crippen LogP contribution in [-0.2, 0) is 4.79 Å². The number of carbonyl (C=O) groups is 2. The Bertz CT molecular complexity index is 1420. The molecule has 174 valence electrons. The van der Waals surface area contributed by atoms with E-state index >= 15 is 0 Å². The summed E-state index contributed by atoms with van der Waals surface area (Å²) in [4.78, 5) is 28.9. The van der Waals surface area contributed by atoms with E-state index in [4.69, 9.17) is 28.9 Å². The predicted molar refractivity (Wildman–Crippen MR) is 133 cm³/mol. The van der Waals surface area contributed by atoms with Crippen LogP contribution in [0.2, 0.25) is 10.0 Å². The summed E-state index contributed by atoms with van der Waals surface area (Å²) in [6.07, 6.45) is 3.30. The van der Waals surface area contributed by atoms with Gasteiger partial charge in [0.25, 0.3) is 0 Å². The zero-order valence-electron chi connectivity index (χ0n) is 18.2. The fourth-order valence-electron chi connectivity index (χ4n) is 5.29. The number of hydrogen-bond donors (Lipinski definition) is 1. The first-order valence-electron chi connectivity index (χ1n) is 10.8. The van der Waals surface area contributed by atoms with Gasteiger partial charge in [-0.2, -0.15) is 5.26 Å². The average molecular weight is 506 g/mol. The molecule has 0 aromatic heterocycles. The molecule has 35 heavy (non-hydrogen) atoms. The predicted octanol–water partition coefficient (Wildman–Crippen LogP) is 5.38. The van der Waals surface area contributed by atoms with Gasteiger partial charge in [-0.15, -0.1) is 0 Å². The number of ketones is 1. The Morgan fingerprint density at radius 3 is 2.23 bits per heavy atom. The number of nitrogens with two attached hydrogens (primary N) is 1. The molecule has 0 bridgehead atoms. The number of primary amides is 1. The topological polar surface area (TPSA) is 87.2 Å². The third kappa shape index (κ3) is 3.51. The molecule has 1 fully saturated rings. The molecule has 0 saturated carbocycles. The SMILES string of the molecule is N#CC1(C(N)=O)C(c2ccc(Cl)cc2)C(C(=O)c2ccc(Cl)cc2)N2c3ccc(F)cc3C=CC21. The molecule has 1 amide bonds. The van der Waals surface area contributed by atoms with Crippen molar-refractivity contribution in [2.45, 2.75) is 18.0 Å². The fraction of sp³-hybridized carbons (Fsp3) is 0.148. The average Bonchev–Trinajstić information content (AvgIpc) is 3.16. The zero-order valence-corrected chi connectivity index (χ0v) is 19.7. The van der Waals surface area contributed by atoms with Gasteiger partial charge in [0.2, 0.25) is 5.91 Å². The highest BCUT2D eigenvalue weighted by molar-refractivity contribution is 6.31. The molecule has 5 rings (SSSR count). The van der Waals surface area contributed by atoms with E-state index < -0.39 is 35.1 Å². The van der Waals surface area contributed by atoms with Gasteiger partial charge in [0, 0.05) is 32.8 Å². The smallest absolute Gasteiger partial charge is 0.241 e. The number of hydrogen-bond acceptors (Lipinski definition) is 4. The van der Waals surface area contributed by atoms with E-state index in [0.29, 0.717) is 32.4 Å². The maximum atomic E-state index is 14.1. The fourth-order valence-corrected chi connectivity index (χ4v) is 5.54. The normalized spacial score (nSPS) is 24.4. The number of fused-ring (bicyclic) bond motifs is 3. The Balaban J connectivity index is 1.80. The highest BCUT2D eigenvalue weighted by Crippen LogP contribution is 2.55. The molecular weight excluding hydrogens is 488 g/mol. The van der Waals surface area contributed by atoms with Gasteiger partial charge in [-0.25, -0.2) is 4.39 Å². The summed E-state index contributed by atoms with van der Waals surface area (Å²) in [6, 6.07) is 17.6. The zero-order chi connectivity index (χ0) is 24.9. The Hall–Kier alpha value is -3.66. The maximum absolute atomic E-state index is 14.1. The number of halogens is 3. The van der Waals surface area contributed by atoms with Crippen LogP contribution in [0.3, 0.4) is 0 Å². The summed E-state index contributed by atoms with van der Waals surface area (Å²) < 4.78 is 14.1. The van der Waals surface area contributed by atoms with Crippen molar-refractivity contribution in [1.82, 2.24) is 0 Å². The van der Waals surface area contributed by atoms with Crippen molar-refractivity contribution < 1.29 is 14.0 Å². The van der Waals surface area contributed by atoms with Crippen molar-refractivity contribution in [3.8, 4) is 6.07 Å². The lowest BCUT2D eigenvalue weighted by Gasteiger charge is -2.36. The molecule has 4 unspecified atom stereocenters. The minimum absolute atomic E-state index is 0.324. The molecule has 4 atom stereocenters. The second kappa shape index (κ2) is 8.53. The van der Waals surface area contributed by atoms with E-state index in [9.17, 15) is 19.2 Å². The van der Waals surface area contributed by atoms with E-state index in [2.05, 4.69) is 6.07 Å². The molecule has 2 N–H and O–H groups in total. The standard InChI is InChI=1S/C27H18Cl2FN3O2/c28-18-6-1-15(2-7-18)23-24(25(34)16-3-8-19(29)9-4-16)33-21-11-10-20(30)13-17(21)5-12-22(33)27(23,14-31)26(32)35/h1-13,22-24H,(H2,32,35). The lowest BCUT2D eigenvalue weighted by Crippen LogP contribution is -2.49. The number of Topliss-reactive ketones (excluding diaryl/α,β-unsaturated/α-hetero) is 1. The monoisotopic (exact) mass is 505 g/mol. The van der Waals surface area contributed by atoms with Crippen LogP contribution in [0, 0.1) is 22.6 Å². The Morgan fingerprint density at radius 2 is 1.63 bits per heavy atom. The second-order valence-corrected chi connectivity index (χ2v) is 9.48. The number of nitrogens with zero attached hydrogens (tertiary/aromatic N) is 2. The number of carbonyl (C=O) groups excluding carboxylic acids is 2. The molecule has 5 nitrogen and oxygen atoms in total. The lowest BCUT2D eigenvalue weighted by atomic mass is 9.67. The maximum Gasteiger partial charge on any atom is 0.241 e. The Labute approximate surface area is 211 Å². The third-order valence-corrected chi connectivity index (χ3v) is 7.32. The van der Waals surface area contributed by atoms with Crippen molar-refractivity contribution in [2.75, 3.05) is 4.90 Å². The second-order valence-electron chi connectivity index (χ2n) is 8.60. The van der Waals surface area contributed by atoms with Crippen molar-refractivity contribution >= 4 is 46.7 Å². The molecule has 8 heteroatoms. The van der Waals surface area contributed by atoms with Crippen LogP contribution in [0.15, 0.2) is 72.8 Å². The van der Waals surface area contributed by atoms with Gasteiger partial charge < -0.3 is 10.6 Å². The van der Waals surface area contributed by atoms with E-state index in [1.807, 2.05) is 0 Å². The van der Waals surface area contributed by atoms with Crippen molar-refractivity contribution in [3.05, 3.63) is 105 Å². The van der Waals surface area contributed by atoms with Gasteiger partial charge in [0.05, 0.1) is 12.1 Å². The molecule has 0 spiro atoms. The van der Waals surface area contributed by atoms with Crippen LogP contribution >= 0.6 is 23.2 Å². The molecule has 3 aromatic carbocycles. The van der Waals surface area contributed by atoms with E-state index in [1.165, 1.54) is 12.1 Å². The van der Waals surface area contributed by atoms with Crippen LogP contribution < -0.4 is 10.6 Å². The van der Waals surface area contributed by atoms with Crippen molar-refractivity contribution in [1.29, 1.82) is 5.26 Å². The van der Waals surface area contributed by atoms with Crippen molar-refractivity contribution in [2.24, 2.45) is 11.1 Å². The Morgan fingerprint density at radius 1 is 1.00 bits per heavy atom. The number of rotatable bonds is 4. The van der Waals surface area contributed by atoms with Gasteiger partial charge in [-0.3, -0.25) is 9.59 Å². The summed E-state index contributed by atoms with van der Waals surface area (Å²) in [5, 5.41) is 11.4. The molecule has 0 aliphatic carbocycles. The van der Waals surface area contributed by atoms with Crippen LogP contribution in [0.5, 0.6) is 0 Å². The molecule has 2 aliphatic heterocycles. The van der Waals surface area contributed by atoms with Gasteiger partial charge in [-0.05, 0) is 60.2 Å². The van der Waals surface area contributed by atoms with E-state index in [1.54, 1.807) is 71.6 Å². The molecule has 2 aliphatic rings. The van der Waals surface area contributed by atoms with Crippen LogP contribution in [0.25, 0.3) is 6.08 Å².